The zero-order chi connectivity index (χ0) is 18.6. The van der Waals surface area contributed by atoms with E-state index in [2.05, 4.69) is 46.8 Å². The van der Waals surface area contributed by atoms with Crippen molar-refractivity contribution in [1.29, 1.82) is 0 Å². The maximum absolute atomic E-state index is 13.2. The van der Waals surface area contributed by atoms with E-state index in [9.17, 15) is 4.39 Å². The maximum atomic E-state index is 13.2. The van der Waals surface area contributed by atoms with Gasteiger partial charge in [-0.05, 0) is 43.4 Å². The predicted molar refractivity (Wildman–Crippen MR) is 122 cm³/mol. The number of benzene rings is 1. The molecular formula is C20H28FIN4S. The van der Waals surface area contributed by atoms with Crippen molar-refractivity contribution >= 4 is 41.3 Å². The lowest BCUT2D eigenvalue weighted by molar-refractivity contribution is 0.617. The number of halogens is 2. The summed E-state index contributed by atoms with van der Waals surface area (Å²) in [5.41, 5.74) is 2.44. The van der Waals surface area contributed by atoms with Gasteiger partial charge in [-0.3, -0.25) is 0 Å². The van der Waals surface area contributed by atoms with Gasteiger partial charge in [0, 0.05) is 23.9 Å². The Kier molecular flexibility index (Phi) is 8.03. The monoisotopic (exact) mass is 502 g/mol. The van der Waals surface area contributed by atoms with Gasteiger partial charge < -0.3 is 10.6 Å². The van der Waals surface area contributed by atoms with E-state index < -0.39 is 0 Å². The van der Waals surface area contributed by atoms with Crippen LogP contribution in [0.5, 0.6) is 0 Å². The minimum atomic E-state index is -0.184. The highest BCUT2D eigenvalue weighted by Gasteiger charge is 2.44. The summed E-state index contributed by atoms with van der Waals surface area (Å²) in [5, 5.41) is 9.91. The molecule has 0 unspecified atom stereocenters. The molecule has 2 N–H and O–H groups in total. The molecule has 7 heteroatoms. The van der Waals surface area contributed by atoms with E-state index in [0.717, 1.165) is 42.6 Å². The first-order valence-electron chi connectivity index (χ1n) is 9.25. The van der Waals surface area contributed by atoms with Gasteiger partial charge in [-0.25, -0.2) is 14.4 Å². The molecular weight excluding hydrogens is 474 g/mol. The number of aromatic nitrogens is 1. The highest BCUT2D eigenvalue weighted by molar-refractivity contribution is 14.0. The van der Waals surface area contributed by atoms with Crippen molar-refractivity contribution in [2.75, 3.05) is 13.1 Å². The molecule has 1 aliphatic carbocycles. The Morgan fingerprint density at radius 3 is 2.52 bits per heavy atom. The van der Waals surface area contributed by atoms with Crippen LogP contribution in [0.3, 0.4) is 0 Å². The van der Waals surface area contributed by atoms with Gasteiger partial charge in [0.15, 0.2) is 5.96 Å². The van der Waals surface area contributed by atoms with Gasteiger partial charge >= 0.3 is 0 Å². The van der Waals surface area contributed by atoms with Crippen LogP contribution in [0.15, 0.2) is 34.6 Å². The zero-order valence-electron chi connectivity index (χ0n) is 16.1. The van der Waals surface area contributed by atoms with Crippen LogP contribution in [0.4, 0.5) is 4.39 Å². The molecule has 1 fully saturated rings. The van der Waals surface area contributed by atoms with Gasteiger partial charge in [-0.15, -0.1) is 35.3 Å². The molecule has 0 saturated heterocycles. The topological polar surface area (TPSA) is 49.3 Å². The van der Waals surface area contributed by atoms with Crippen molar-refractivity contribution in [2.24, 2.45) is 4.99 Å². The molecule has 0 atom stereocenters. The van der Waals surface area contributed by atoms with E-state index in [4.69, 9.17) is 0 Å². The van der Waals surface area contributed by atoms with Crippen molar-refractivity contribution in [3.8, 4) is 0 Å². The average molecular weight is 502 g/mol. The molecule has 1 aromatic carbocycles. The van der Waals surface area contributed by atoms with Crippen molar-refractivity contribution in [3.05, 3.63) is 51.7 Å². The molecule has 1 aromatic heterocycles. The van der Waals surface area contributed by atoms with Crippen LogP contribution < -0.4 is 10.6 Å². The summed E-state index contributed by atoms with van der Waals surface area (Å²) in [4.78, 5) is 9.32. The second kappa shape index (κ2) is 9.82. The second-order valence-corrected chi connectivity index (χ2v) is 8.10. The Morgan fingerprint density at radius 1 is 1.26 bits per heavy atom. The molecule has 0 spiro atoms. The third-order valence-electron chi connectivity index (χ3n) is 4.78. The van der Waals surface area contributed by atoms with E-state index >= 15 is 0 Å². The lowest BCUT2D eigenvalue weighted by atomic mass is 9.96. The zero-order valence-corrected chi connectivity index (χ0v) is 19.2. The quantitative estimate of drug-likeness (QED) is 0.325. The lowest BCUT2D eigenvalue weighted by Crippen LogP contribution is -2.41. The Hall–Kier alpha value is -1.22. The summed E-state index contributed by atoms with van der Waals surface area (Å²) in [6, 6.07) is 6.89. The summed E-state index contributed by atoms with van der Waals surface area (Å²) in [5.74, 6) is 1.07. The summed E-state index contributed by atoms with van der Waals surface area (Å²) >= 11 is 1.66. The van der Waals surface area contributed by atoms with Crippen molar-refractivity contribution < 1.29 is 4.39 Å². The van der Waals surface area contributed by atoms with Crippen LogP contribution in [0, 0.1) is 5.82 Å². The maximum Gasteiger partial charge on any atom is 0.191 e. The van der Waals surface area contributed by atoms with Gasteiger partial charge in [0.1, 0.15) is 10.8 Å². The van der Waals surface area contributed by atoms with Gasteiger partial charge in [0.25, 0.3) is 0 Å². The van der Waals surface area contributed by atoms with E-state index in [0.29, 0.717) is 12.5 Å². The van der Waals surface area contributed by atoms with Gasteiger partial charge in [-0.2, -0.15) is 0 Å². The average Bonchev–Trinajstić information content (AvgIpc) is 3.26. The highest BCUT2D eigenvalue weighted by atomic mass is 127. The van der Waals surface area contributed by atoms with Crippen LogP contribution in [-0.2, 0) is 12.0 Å². The Labute approximate surface area is 182 Å². The molecule has 4 nitrogen and oxygen atoms in total. The van der Waals surface area contributed by atoms with Crippen molar-refractivity contribution in [3.63, 3.8) is 0 Å². The standard InChI is InChI=1S/C20H27FN4S.HI/c1-4-22-19(23-11-18-25-17(12-26-18)14(2)3)24-13-20(9-10-20)15-5-7-16(21)8-6-15;/h5-8,12,14H,4,9-11,13H2,1-3H3,(H2,22,23,24);1H. The minimum absolute atomic E-state index is 0. The fourth-order valence-electron chi connectivity index (χ4n) is 2.93. The number of aliphatic imine (C=N–C) groups is 1. The summed E-state index contributed by atoms with van der Waals surface area (Å²) in [6.07, 6.45) is 2.24. The van der Waals surface area contributed by atoms with E-state index in [1.807, 2.05) is 12.1 Å². The van der Waals surface area contributed by atoms with Gasteiger partial charge in [0.05, 0.1) is 12.2 Å². The SMILES string of the molecule is CCNC(=NCc1nc(C(C)C)cs1)NCC1(c2ccc(F)cc2)CC1.I. The molecule has 1 saturated carbocycles. The molecule has 1 heterocycles. The molecule has 3 rings (SSSR count). The summed E-state index contributed by atoms with van der Waals surface area (Å²) in [7, 11) is 0. The predicted octanol–water partition coefficient (Wildman–Crippen LogP) is 4.81. The number of hydrogen-bond donors (Lipinski definition) is 2. The first-order valence-corrected chi connectivity index (χ1v) is 10.1. The van der Waals surface area contributed by atoms with Crippen molar-refractivity contribution in [1.82, 2.24) is 15.6 Å². The third kappa shape index (κ3) is 5.88. The molecule has 1 aliphatic rings. The van der Waals surface area contributed by atoms with Gasteiger partial charge in [-0.1, -0.05) is 26.0 Å². The van der Waals surface area contributed by atoms with Crippen LogP contribution in [-0.4, -0.2) is 24.0 Å². The Bertz CT molecular complexity index is 754. The number of nitrogens with zero attached hydrogens (tertiary/aromatic N) is 2. The van der Waals surface area contributed by atoms with Crippen molar-refractivity contribution in [2.45, 2.75) is 51.5 Å². The molecule has 0 bridgehead atoms. The van der Waals surface area contributed by atoms with Crippen LogP contribution in [0.1, 0.15) is 55.8 Å². The third-order valence-corrected chi connectivity index (χ3v) is 5.63. The normalized spacial score (nSPS) is 15.4. The highest BCUT2D eigenvalue weighted by Crippen LogP contribution is 2.47. The number of rotatable bonds is 7. The molecule has 0 aliphatic heterocycles. The summed E-state index contributed by atoms with van der Waals surface area (Å²) < 4.78 is 13.2. The van der Waals surface area contributed by atoms with Crippen LogP contribution >= 0.6 is 35.3 Å². The smallest absolute Gasteiger partial charge is 0.191 e. The largest absolute Gasteiger partial charge is 0.357 e. The Morgan fingerprint density at radius 2 is 1.96 bits per heavy atom. The Balaban J connectivity index is 0.00000261. The van der Waals surface area contributed by atoms with E-state index in [1.165, 1.54) is 5.56 Å². The van der Waals surface area contributed by atoms with Crippen LogP contribution in [0.25, 0.3) is 0 Å². The van der Waals surface area contributed by atoms with E-state index in [-0.39, 0.29) is 35.2 Å². The first-order chi connectivity index (χ1) is 12.5. The number of hydrogen-bond acceptors (Lipinski definition) is 3. The second-order valence-electron chi connectivity index (χ2n) is 7.16. The van der Waals surface area contributed by atoms with Crippen LogP contribution in [0.2, 0.25) is 0 Å². The number of guanidine groups is 1. The fraction of sp³-hybridized carbons (Fsp3) is 0.500. The fourth-order valence-corrected chi connectivity index (χ4v) is 3.80. The first kappa shape index (κ1) is 22.1. The van der Waals surface area contributed by atoms with E-state index in [1.54, 1.807) is 23.5 Å². The minimum Gasteiger partial charge on any atom is -0.357 e. The molecule has 27 heavy (non-hydrogen) atoms. The lowest BCUT2D eigenvalue weighted by Gasteiger charge is -2.19. The van der Waals surface area contributed by atoms with Gasteiger partial charge in [0.2, 0.25) is 0 Å². The number of thiazole rings is 1. The molecule has 0 radical (unpaired) electrons. The molecule has 0 amide bonds. The molecule has 2 aromatic rings. The summed E-state index contributed by atoms with van der Waals surface area (Å²) in [6.45, 7) is 8.56. The number of nitrogens with one attached hydrogen (secondary N) is 2. The molecule has 148 valence electrons.